The Kier molecular flexibility index (Phi) is 6.00. The third-order valence-corrected chi connectivity index (χ3v) is 6.88. The Labute approximate surface area is 193 Å². The normalized spacial score (nSPS) is 13.0. The molecule has 3 N–H and O–H groups in total. The van der Waals surface area contributed by atoms with E-state index in [2.05, 4.69) is 10.0 Å². The summed E-state index contributed by atoms with van der Waals surface area (Å²) in [4.78, 5) is 10.7. The van der Waals surface area contributed by atoms with Gasteiger partial charge in [0.05, 0.1) is 23.4 Å². The standard InChI is InChI=1S/C22H17ClF2N2O5S/c1-32-21-16(23)5-12(22(28)29)6-20(21)33(30,31)27-19-7-14(17(24)8-18(19)25)13-4-2-3-11-9-26-10-15(11)13/h2-8,26-27H,9-10H2,1H3,(H,28,29). The fourth-order valence-corrected chi connectivity index (χ4v) is 5.33. The molecule has 33 heavy (non-hydrogen) atoms. The number of halogens is 3. The number of nitrogens with one attached hydrogen (secondary N) is 2. The van der Waals surface area contributed by atoms with E-state index in [0.29, 0.717) is 24.7 Å². The van der Waals surface area contributed by atoms with Crippen molar-refractivity contribution < 1.29 is 31.8 Å². The van der Waals surface area contributed by atoms with E-state index < -0.39 is 43.8 Å². The first kappa shape index (κ1) is 23.0. The van der Waals surface area contributed by atoms with Gasteiger partial charge in [-0.2, -0.15) is 0 Å². The maximum absolute atomic E-state index is 14.7. The SMILES string of the molecule is COc1c(Cl)cc(C(=O)O)cc1S(=O)(=O)Nc1cc(-c2cccc3c2CNC3)c(F)cc1F. The third kappa shape index (κ3) is 4.24. The number of hydrogen-bond acceptors (Lipinski definition) is 5. The van der Waals surface area contributed by atoms with Crippen molar-refractivity contribution in [1.29, 1.82) is 0 Å². The van der Waals surface area contributed by atoms with Crippen LogP contribution in [0.25, 0.3) is 11.1 Å². The second-order valence-electron chi connectivity index (χ2n) is 7.26. The van der Waals surface area contributed by atoms with Crippen molar-refractivity contribution in [3.05, 3.63) is 75.8 Å². The predicted molar refractivity (Wildman–Crippen MR) is 118 cm³/mol. The molecule has 0 bridgehead atoms. The number of benzene rings is 3. The molecule has 11 heteroatoms. The molecule has 172 valence electrons. The first-order valence-corrected chi connectivity index (χ1v) is 11.4. The maximum atomic E-state index is 14.7. The molecule has 0 radical (unpaired) electrons. The van der Waals surface area contributed by atoms with Gasteiger partial charge in [0.1, 0.15) is 16.5 Å². The largest absolute Gasteiger partial charge is 0.494 e. The molecule has 1 heterocycles. The van der Waals surface area contributed by atoms with Gasteiger partial charge in [-0.05, 0) is 34.9 Å². The zero-order chi connectivity index (χ0) is 23.9. The molecule has 0 saturated heterocycles. The predicted octanol–water partition coefficient (Wildman–Crippen LogP) is 4.40. The Balaban J connectivity index is 1.82. The van der Waals surface area contributed by atoms with Crippen LogP contribution in [0.3, 0.4) is 0 Å². The van der Waals surface area contributed by atoms with Gasteiger partial charge in [0.15, 0.2) is 5.75 Å². The average Bonchev–Trinajstić information content (AvgIpc) is 3.24. The van der Waals surface area contributed by atoms with E-state index in [1.54, 1.807) is 12.1 Å². The molecule has 0 aliphatic carbocycles. The van der Waals surface area contributed by atoms with Gasteiger partial charge in [-0.1, -0.05) is 29.8 Å². The molecule has 0 amide bonds. The molecule has 3 aromatic carbocycles. The van der Waals surface area contributed by atoms with Gasteiger partial charge in [-0.3, -0.25) is 4.72 Å². The lowest BCUT2D eigenvalue weighted by atomic mass is 9.96. The van der Waals surface area contributed by atoms with Gasteiger partial charge >= 0.3 is 5.97 Å². The molecule has 0 fully saturated rings. The summed E-state index contributed by atoms with van der Waals surface area (Å²) in [5.74, 6) is -3.74. The van der Waals surface area contributed by atoms with E-state index >= 15 is 0 Å². The number of fused-ring (bicyclic) bond motifs is 1. The number of carbonyl (C=O) groups is 1. The van der Waals surface area contributed by atoms with E-state index in [1.165, 1.54) is 0 Å². The van der Waals surface area contributed by atoms with Crippen LogP contribution >= 0.6 is 11.6 Å². The summed E-state index contributed by atoms with van der Waals surface area (Å²) in [6.45, 7) is 1.09. The number of ether oxygens (including phenoxy) is 1. The van der Waals surface area contributed by atoms with Crippen LogP contribution < -0.4 is 14.8 Å². The molecule has 4 rings (SSSR count). The average molecular weight is 495 g/mol. The molecule has 0 saturated carbocycles. The molecule has 1 aliphatic rings. The number of hydrogen-bond donors (Lipinski definition) is 3. The van der Waals surface area contributed by atoms with Crippen LogP contribution in [0.4, 0.5) is 14.5 Å². The van der Waals surface area contributed by atoms with Crippen LogP contribution in [0, 0.1) is 11.6 Å². The Bertz CT molecular complexity index is 1400. The molecular formula is C22H17ClF2N2O5S. The molecule has 3 aromatic rings. The summed E-state index contributed by atoms with van der Waals surface area (Å²) in [5, 5.41) is 12.1. The lowest BCUT2D eigenvalue weighted by Crippen LogP contribution is -2.16. The van der Waals surface area contributed by atoms with Crippen molar-refractivity contribution in [3.63, 3.8) is 0 Å². The van der Waals surface area contributed by atoms with E-state index in [-0.39, 0.29) is 16.3 Å². The second-order valence-corrected chi connectivity index (χ2v) is 9.32. The zero-order valence-electron chi connectivity index (χ0n) is 17.1. The number of rotatable bonds is 6. The van der Waals surface area contributed by atoms with Crippen LogP contribution in [-0.4, -0.2) is 26.6 Å². The lowest BCUT2D eigenvalue weighted by molar-refractivity contribution is 0.0696. The van der Waals surface area contributed by atoms with Crippen molar-refractivity contribution in [1.82, 2.24) is 5.32 Å². The van der Waals surface area contributed by atoms with Gasteiger partial charge in [0.25, 0.3) is 10.0 Å². The Morgan fingerprint density at radius 2 is 1.88 bits per heavy atom. The van der Waals surface area contributed by atoms with Crippen molar-refractivity contribution in [2.75, 3.05) is 11.8 Å². The van der Waals surface area contributed by atoms with Gasteiger partial charge in [0, 0.05) is 24.7 Å². The highest BCUT2D eigenvalue weighted by Gasteiger charge is 2.27. The molecule has 0 atom stereocenters. The van der Waals surface area contributed by atoms with Crippen molar-refractivity contribution in [2.45, 2.75) is 18.0 Å². The molecular weight excluding hydrogens is 478 g/mol. The van der Waals surface area contributed by atoms with Crippen LogP contribution in [0.15, 0.2) is 47.4 Å². The monoisotopic (exact) mass is 494 g/mol. The van der Waals surface area contributed by atoms with Crippen LogP contribution in [0.2, 0.25) is 5.02 Å². The summed E-state index contributed by atoms with van der Waals surface area (Å²) in [5.41, 5.74) is 1.38. The van der Waals surface area contributed by atoms with Crippen molar-refractivity contribution >= 4 is 33.3 Å². The number of methoxy groups -OCH3 is 1. The van der Waals surface area contributed by atoms with E-state index in [9.17, 15) is 27.1 Å². The number of carboxylic acid groups (broad SMARTS) is 1. The minimum atomic E-state index is -4.58. The number of carboxylic acids is 1. The van der Waals surface area contributed by atoms with Gasteiger partial charge in [-0.15, -0.1) is 0 Å². The lowest BCUT2D eigenvalue weighted by Gasteiger charge is -2.16. The minimum absolute atomic E-state index is 0.0129. The van der Waals surface area contributed by atoms with Crippen LogP contribution in [0.5, 0.6) is 5.75 Å². The summed E-state index contributed by atoms with van der Waals surface area (Å²) in [6, 6.07) is 8.81. The van der Waals surface area contributed by atoms with E-state index in [4.69, 9.17) is 16.3 Å². The van der Waals surface area contributed by atoms with Gasteiger partial charge < -0.3 is 15.2 Å². The van der Waals surface area contributed by atoms with E-state index in [0.717, 1.165) is 36.4 Å². The summed E-state index contributed by atoms with van der Waals surface area (Å²) < 4.78 is 62.5. The molecule has 0 spiro atoms. The maximum Gasteiger partial charge on any atom is 0.335 e. The number of sulfonamides is 1. The Hall–Kier alpha value is -3.21. The third-order valence-electron chi connectivity index (χ3n) is 5.23. The smallest absolute Gasteiger partial charge is 0.335 e. The Morgan fingerprint density at radius 1 is 1.12 bits per heavy atom. The quantitative estimate of drug-likeness (QED) is 0.469. The first-order chi connectivity index (χ1) is 15.6. The fourth-order valence-electron chi connectivity index (χ4n) is 3.71. The van der Waals surface area contributed by atoms with Gasteiger partial charge in [0.2, 0.25) is 0 Å². The summed E-state index contributed by atoms with van der Waals surface area (Å²) in [7, 11) is -3.42. The molecule has 7 nitrogen and oxygen atoms in total. The first-order valence-electron chi connectivity index (χ1n) is 9.57. The highest BCUT2D eigenvalue weighted by Crippen LogP contribution is 2.37. The highest BCUT2D eigenvalue weighted by molar-refractivity contribution is 7.92. The highest BCUT2D eigenvalue weighted by atomic mass is 35.5. The molecule has 0 unspecified atom stereocenters. The number of aromatic carboxylic acids is 1. The van der Waals surface area contributed by atoms with Crippen molar-refractivity contribution in [3.8, 4) is 16.9 Å². The molecule has 1 aliphatic heterocycles. The van der Waals surface area contributed by atoms with Gasteiger partial charge in [-0.25, -0.2) is 22.0 Å². The Morgan fingerprint density at radius 3 is 2.58 bits per heavy atom. The molecule has 0 aromatic heterocycles. The van der Waals surface area contributed by atoms with Crippen LogP contribution in [-0.2, 0) is 23.1 Å². The van der Waals surface area contributed by atoms with E-state index in [1.807, 2.05) is 6.07 Å². The zero-order valence-corrected chi connectivity index (χ0v) is 18.7. The summed E-state index contributed by atoms with van der Waals surface area (Å²) >= 11 is 5.99. The fraction of sp³-hybridized carbons (Fsp3) is 0.136. The van der Waals surface area contributed by atoms with Crippen molar-refractivity contribution in [2.24, 2.45) is 0 Å². The number of anilines is 1. The van der Waals surface area contributed by atoms with Crippen LogP contribution in [0.1, 0.15) is 21.5 Å². The summed E-state index contributed by atoms with van der Waals surface area (Å²) in [6.07, 6.45) is 0. The second kappa shape index (κ2) is 8.62. The minimum Gasteiger partial charge on any atom is -0.494 e. The topological polar surface area (TPSA) is 105 Å².